The Morgan fingerprint density at radius 2 is 1.95 bits per heavy atom. The molecule has 1 aliphatic carbocycles. The van der Waals surface area contributed by atoms with Crippen LogP contribution in [0.3, 0.4) is 0 Å². The molecule has 0 bridgehead atoms. The summed E-state index contributed by atoms with van der Waals surface area (Å²) in [4.78, 5) is 24.5. The molecule has 0 heterocycles. The molecule has 120 valence electrons. The third-order valence-electron chi connectivity index (χ3n) is 4.50. The first-order valence-electron chi connectivity index (χ1n) is 7.31. The molecular formula is C15H25NO5. The molecule has 0 aliphatic heterocycles. The number of carbonyl (C=O) groups is 2. The second kappa shape index (κ2) is 7.56. The Morgan fingerprint density at radius 1 is 1.33 bits per heavy atom. The largest absolute Gasteiger partial charge is 0.480 e. The molecule has 1 rings (SSSR count). The Kier molecular flexibility index (Phi) is 6.36. The van der Waals surface area contributed by atoms with E-state index in [2.05, 4.69) is 6.58 Å². The topological polar surface area (TPSA) is 98.1 Å². The van der Waals surface area contributed by atoms with E-state index in [0.717, 1.165) is 6.08 Å². The summed E-state index contributed by atoms with van der Waals surface area (Å²) in [6.45, 7) is 5.27. The van der Waals surface area contributed by atoms with Gasteiger partial charge in [0.25, 0.3) is 0 Å². The van der Waals surface area contributed by atoms with Crippen molar-refractivity contribution in [3.8, 4) is 0 Å². The van der Waals surface area contributed by atoms with Gasteiger partial charge in [0.15, 0.2) is 0 Å². The van der Waals surface area contributed by atoms with Gasteiger partial charge in [0.2, 0.25) is 5.91 Å². The molecular weight excluding hydrogens is 274 g/mol. The molecule has 5 unspecified atom stereocenters. The van der Waals surface area contributed by atoms with Gasteiger partial charge < -0.3 is 20.2 Å². The standard InChI is InChI=1S/C15H25NO5/c1-4-10(9-6-7-11(17)12(18)8-9)14(15(20)21)16(3)13(19)5-2/h5,9-12,14,17-18H,2,4,6-8H2,1,3H3,(H,20,21). The number of hydrogen-bond acceptors (Lipinski definition) is 4. The summed E-state index contributed by atoms with van der Waals surface area (Å²) in [6.07, 6.45) is 1.58. The zero-order chi connectivity index (χ0) is 16.2. The highest BCUT2D eigenvalue weighted by molar-refractivity contribution is 5.90. The Labute approximate surface area is 125 Å². The molecule has 0 radical (unpaired) electrons. The van der Waals surface area contributed by atoms with E-state index in [4.69, 9.17) is 0 Å². The van der Waals surface area contributed by atoms with Crippen LogP contribution in [-0.4, -0.2) is 57.4 Å². The maximum Gasteiger partial charge on any atom is 0.326 e. The predicted octanol–water partition coefficient (Wildman–Crippen LogP) is 0.632. The van der Waals surface area contributed by atoms with Crippen molar-refractivity contribution >= 4 is 11.9 Å². The molecule has 1 fully saturated rings. The van der Waals surface area contributed by atoms with Crippen LogP contribution in [-0.2, 0) is 9.59 Å². The minimum atomic E-state index is -1.06. The molecule has 0 aromatic rings. The number of hydrogen-bond donors (Lipinski definition) is 3. The van der Waals surface area contributed by atoms with Crippen molar-refractivity contribution in [2.24, 2.45) is 11.8 Å². The Morgan fingerprint density at radius 3 is 2.38 bits per heavy atom. The van der Waals surface area contributed by atoms with E-state index in [-0.39, 0.29) is 11.8 Å². The lowest BCUT2D eigenvalue weighted by Gasteiger charge is -2.39. The van der Waals surface area contributed by atoms with Crippen molar-refractivity contribution in [1.29, 1.82) is 0 Å². The van der Waals surface area contributed by atoms with Gasteiger partial charge in [-0.3, -0.25) is 4.79 Å². The molecule has 3 N–H and O–H groups in total. The van der Waals surface area contributed by atoms with Crippen LogP contribution in [0.2, 0.25) is 0 Å². The lowest BCUT2D eigenvalue weighted by Crippen LogP contribution is -2.50. The van der Waals surface area contributed by atoms with Crippen LogP contribution in [0.25, 0.3) is 0 Å². The number of rotatable bonds is 6. The minimum absolute atomic E-state index is 0.0328. The highest BCUT2D eigenvalue weighted by atomic mass is 16.4. The number of aliphatic hydroxyl groups excluding tert-OH is 2. The Balaban J connectivity index is 2.95. The van der Waals surface area contributed by atoms with Crippen LogP contribution in [0.15, 0.2) is 12.7 Å². The molecule has 0 aromatic heterocycles. The van der Waals surface area contributed by atoms with Crippen LogP contribution in [0.4, 0.5) is 0 Å². The van der Waals surface area contributed by atoms with Gasteiger partial charge in [0, 0.05) is 7.05 Å². The molecule has 1 aliphatic rings. The molecule has 0 saturated heterocycles. The number of nitrogens with zero attached hydrogens (tertiary/aromatic N) is 1. The summed E-state index contributed by atoms with van der Waals surface area (Å²) in [5.41, 5.74) is 0. The summed E-state index contributed by atoms with van der Waals surface area (Å²) < 4.78 is 0. The third kappa shape index (κ3) is 4.04. The fourth-order valence-corrected chi connectivity index (χ4v) is 3.28. The van der Waals surface area contributed by atoms with Gasteiger partial charge in [-0.05, 0) is 37.2 Å². The van der Waals surface area contributed by atoms with Gasteiger partial charge in [-0.15, -0.1) is 0 Å². The third-order valence-corrected chi connectivity index (χ3v) is 4.50. The van der Waals surface area contributed by atoms with Crippen molar-refractivity contribution < 1.29 is 24.9 Å². The Bertz CT molecular complexity index is 398. The fraction of sp³-hybridized carbons (Fsp3) is 0.733. The lowest BCUT2D eigenvalue weighted by atomic mass is 9.73. The molecule has 0 aromatic carbocycles. The average Bonchev–Trinajstić information content (AvgIpc) is 2.45. The van der Waals surface area contributed by atoms with E-state index in [1.807, 2.05) is 6.92 Å². The quantitative estimate of drug-likeness (QED) is 0.625. The number of aliphatic carboxylic acids is 1. The van der Waals surface area contributed by atoms with Crippen molar-refractivity contribution in [2.75, 3.05) is 7.05 Å². The number of carboxylic acid groups (broad SMARTS) is 1. The van der Waals surface area contributed by atoms with Crippen molar-refractivity contribution in [1.82, 2.24) is 4.90 Å². The highest BCUT2D eigenvalue weighted by Crippen LogP contribution is 2.35. The first kappa shape index (κ1) is 17.7. The summed E-state index contributed by atoms with van der Waals surface area (Å²) >= 11 is 0. The molecule has 6 nitrogen and oxygen atoms in total. The molecule has 0 spiro atoms. The van der Waals surface area contributed by atoms with Gasteiger partial charge in [-0.2, -0.15) is 0 Å². The summed E-state index contributed by atoms with van der Waals surface area (Å²) in [6, 6.07) is -0.951. The highest BCUT2D eigenvalue weighted by Gasteiger charge is 2.40. The van der Waals surface area contributed by atoms with E-state index < -0.39 is 30.1 Å². The van der Waals surface area contributed by atoms with Crippen LogP contribution in [0.1, 0.15) is 32.6 Å². The van der Waals surface area contributed by atoms with Crippen LogP contribution < -0.4 is 0 Å². The van der Waals surface area contributed by atoms with E-state index in [1.54, 1.807) is 0 Å². The molecule has 5 atom stereocenters. The van der Waals surface area contributed by atoms with Gasteiger partial charge >= 0.3 is 5.97 Å². The average molecular weight is 299 g/mol. The first-order chi connectivity index (χ1) is 9.83. The maximum absolute atomic E-state index is 11.7. The SMILES string of the molecule is C=CC(=O)N(C)C(C(=O)O)C(CC)C1CCC(O)C(O)C1. The number of aliphatic hydroxyl groups is 2. The van der Waals surface area contributed by atoms with Gasteiger partial charge in [0.05, 0.1) is 12.2 Å². The zero-order valence-corrected chi connectivity index (χ0v) is 12.6. The first-order valence-corrected chi connectivity index (χ1v) is 7.31. The number of likely N-dealkylation sites (N-methyl/N-ethyl adjacent to an activating group) is 1. The van der Waals surface area contributed by atoms with Crippen molar-refractivity contribution in [3.63, 3.8) is 0 Å². The normalized spacial score (nSPS) is 28.5. The summed E-state index contributed by atoms with van der Waals surface area (Å²) in [7, 11) is 1.46. The van der Waals surface area contributed by atoms with Crippen LogP contribution >= 0.6 is 0 Å². The Hall–Kier alpha value is -1.40. The second-order valence-electron chi connectivity index (χ2n) is 5.72. The zero-order valence-electron chi connectivity index (χ0n) is 12.6. The minimum Gasteiger partial charge on any atom is -0.480 e. The number of amides is 1. The summed E-state index contributed by atoms with van der Waals surface area (Å²) in [5, 5.41) is 28.9. The summed E-state index contributed by atoms with van der Waals surface area (Å²) in [5.74, 6) is -1.79. The second-order valence-corrected chi connectivity index (χ2v) is 5.72. The monoisotopic (exact) mass is 299 g/mol. The predicted molar refractivity (Wildman–Crippen MR) is 77.5 cm³/mol. The van der Waals surface area contributed by atoms with E-state index in [1.165, 1.54) is 11.9 Å². The molecule has 6 heteroatoms. The van der Waals surface area contributed by atoms with E-state index in [9.17, 15) is 24.9 Å². The van der Waals surface area contributed by atoms with E-state index >= 15 is 0 Å². The van der Waals surface area contributed by atoms with Crippen LogP contribution in [0.5, 0.6) is 0 Å². The smallest absolute Gasteiger partial charge is 0.326 e. The van der Waals surface area contributed by atoms with Crippen molar-refractivity contribution in [3.05, 3.63) is 12.7 Å². The number of carbonyl (C=O) groups excluding carboxylic acids is 1. The molecule has 1 amide bonds. The van der Waals surface area contributed by atoms with Gasteiger partial charge in [0.1, 0.15) is 6.04 Å². The van der Waals surface area contributed by atoms with Gasteiger partial charge in [-0.25, -0.2) is 4.79 Å². The number of carboxylic acids is 1. The molecule has 1 saturated carbocycles. The fourth-order valence-electron chi connectivity index (χ4n) is 3.28. The van der Waals surface area contributed by atoms with E-state index in [0.29, 0.717) is 25.7 Å². The lowest BCUT2D eigenvalue weighted by molar-refractivity contribution is -0.152. The van der Waals surface area contributed by atoms with Crippen molar-refractivity contribution in [2.45, 2.75) is 50.9 Å². The van der Waals surface area contributed by atoms with Crippen LogP contribution in [0, 0.1) is 11.8 Å². The maximum atomic E-state index is 11.7. The molecule has 21 heavy (non-hydrogen) atoms. The van der Waals surface area contributed by atoms with Gasteiger partial charge in [-0.1, -0.05) is 19.9 Å².